The molecule has 25 heavy (non-hydrogen) atoms. The molecule has 0 aliphatic carbocycles. The lowest BCUT2D eigenvalue weighted by Crippen LogP contribution is -2.24. The van der Waals surface area contributed by atoms with Gasteiger partial charge in [0.1, 0.15) is 5.75 Å². The monoisotopic (exact) mass is 340 g/mol. The van der Waals surface area contributed by atoms with E-state index in [9.17, 15) is 4.79 Å². The van der Waals surface area contributed by atoms with E-state index < -0.39 is 0 Å². The third-order valence-electron chi connectivity index (χ3n) is 4.28. The SMILES string of the molecule is CCC(C)Oc1cc(C)ccc1CNC(=O)CCc1ccccc1N. The Balaban J connectivity index is 1.92. The number of ether oxygens (including phenoxy) is 1. The van der Waals surface area contributed by atoms with Gasteiger partial charge in [0.15, 0.2) is 0 Å². The van der Waals surface area contributed by atoms with Crippen molar-refractivity contribution >= 4 is 11.6 Å². The quantitative estimate of drug-likeness (QED) is 0.714. The van der Waals surface area contributed by atoms with Crippen molar-refractivity contribution in [3.05, 3.63) is 59.2 Å². The van der Waals surface area contributed by atoms with E-state index >= 15 is 0 Å². The van der Waals surface area contributed by atoms with E-state index in [2.05, 4.69) is 19.2 Å². The average molecular weight is 340 g/mol. The van der Waals surface area contributed by atoms with Crippen molar-refractivity contribution in [3.63, 3.8) is 0 Å². The highest BCUT2D eigenvalue weighted by Gasteiger charge is 2.10. The zero-order valence-electron chi connectivity index (χ0n) is 15.3. The minimum atomic E-state index is 0.0123. The van der Waals surface area contributed by atoms with Crippen molar-refractivity contribution in [1.29, 1.82) is 0 Å². The van der Waals surface area contributed by atoms with Gasteiger partial charge in [-0.2, -0.15) is 0 Å². The van der Waals surface area contributed by atoms with Crippen LogP contribution in [0.4, 0.5) is 5.69 Å². The summed E-state index contributed by atoms with van der Waals surface area (Å²) in [6, 6.07) is 13.7. The van der Waals surface area contributed by atoms with Gasteiger partial charge >= 0.3 is 0 Å². The number of amides is 1. The number of rotatable bonds is 8. The zero-order chi connectivity index (χ0) is 18.2. The van der Waals surface area contributed by atoms with Crippen molar-refractivity contribution in [2.75, 3.05) is 5.73 Å². The summed E-state index contributed by atoms with van der Waals surface area (Å²) >= 11 is 0. The summed E-state index contributed by atoms with van der Waals surface area (Å²) in [6.07, 6.45) is 2.15. The van der Waals surface area contributed by atoms with Gasteiger partial charge in [0.2, 0.25) is 5.91 Å². The predicted octanol–water partition coefficient (Wildman–Crippen LogP) is 4.00. The smallest absolute Gasteiger partial charge is 0.220 e. The Morgan fingerprint density at radius 2 is 1.96 bits per heavy atom. The highest BCUT2D eigenvalue weighted by Crippen LogP contribution is 2.22. The molecule has 0 aliphatic rings. The lowest BCUT2D eigenvalue weighted by molar-refractivity contribution is -0.121. The number of nitrogens with two attached hydrogens (primary N) is 1. The first kappa shape index (κ1) is 18.8. The highest BCUT2D eigenvalue weighted by molar-refractivity contribution is 5.76. The highest BCUT2D eigenvalue weighted by atomic mass is 16.5. The molecule has 2 rings (SSSR count). The number of nitrogen functional groups attached to an aromatic ring is 1. The molecule has 1 unspecified atom stereocenters. The molecular formula is C21H28N2O2. The Kier molecular flexibility index (Phi) is 6.87. The maximum Gasteiger partial charge on any atom is 0.220 e. The first-order valence-electron chi connectivity index (χ1n) is 8.85. The molecule has 0 fully saturated rings. The van der Waals surface area contributed by atoms with Gasteiger partial charge in [-0.05, 0) is 49.9 Å². The molecule has 0 saturated heterocycles. The van der Waals surface area contributed by atoms with Crippen LogP contribution in [0.25, 0.3) is 0 Å². The molecule has 0 radical (unpaired) electrons. The van der Waals surface area contributed by atoms with E-state index in [0.29, 0.717) is 19.4 Å². The van der Waals surface area contributed by atoms with Crippen molar-refractivity contribution in [3.8, 4) is 5.75 Å². The van der Waals surface area contributed by atoms with Crippen molar-refractivity contribution in [2.24, 2.45) is 0 Å². The van der Waals surface area contributed by atoms with Crippen LogP contribution >= 0.6 is 0 Å². The largest absolute Gasteiger partial charge is 0.490 e. The topological polar surface area (TPSA) is 64.3 Å². The van der Waals surface area contributed by atoms with Gasteiger partial charge in [0.25, 0.3) is 0 Å². The van der Waals surface area contributed by atoms with Crippen LogP contribution in [0, 0.1) is 6.92 Å². The Morgan fingerprint density at radius 1 is 1.20 bits per heavy atom. The van der Waals surface area contributed by atoms with Gasteiger partial charge < -0.3 is 15.8 Å². The van der Waals surface area contributed by atoms with Gasteiger partial charge in [-0.25, -0.2) is 0 Å². The Bertz CT molecular complexity index is 713. The Labute approximate surface area is 150 Å². The van der Waals surface area contributed by atoms with Crippen LogP contribution in [0.1, 0.15) is 43.4 Å². The minimum Gasteiger partial charge on any atom is -0.490 e. The summed E-state index contributed by atoms with van der Waals surface area (Å²) in [5.41, 5.74) is 9.80. The van der Waals surface area contributed by atoms with Crippen LogP contribution in [0.2, 0.25) is 0 Å². The molecule has 0 bridgehead atoms. The second-order valence-corrected chi connectivity index (χ2v) is 6.42. The van der Waals surface area contributed by atoms with Crippen molar-refractivity contribution in [1.82, 2.24) is 5.32 Å². The van der Waals surface area contributed by atoms with Crippen LogP contribution in [0.5, 0.6) is 5.75 Å². The number of anilines is 1. The number of hydrogen-bond acceptors (Lipinski definition) is 3. The molecule has 0 saturated carbocycles. The van der Waals surface area contributed by atoms with Crippen LogP contribution in [0.3, 0.4) is 0 Å². The molecule has 4 heteroatoms. The van der Waals surface area contributed by atoms with Crippen LogP contribution < -0.4 is 15.8 Å². The number of carbonyl (C=O) groups excluding carboxylic acids is 1. The van der Waals surface area contributed by atoms with E-state index in [-0.39, 0.29) is 12.0 Å². The van der Waals surface area contributed by atoms with E-state index in [0.717, 1.165) is 34.5 Å². The van der Waals surface area contributed by atoms with Crippen LogP contribution in [0.15, 0.2) is 42.5 Å². The standard InChI is InChI=1S/C21H28N2O2/c1-4-16(3)25-20-13-15(2)9-10-18(20)14-23-21(24)12-11-17-7-5-6-8-19(17)22/h5-10,13,16H,4,11-12,14,22H2,1-3H3,(H,23,24). The molecule has 2 aromatic carbocycles. The normalized spacial score (nSPS) is 11.8. The number of para-hydroxylation sites is 1. The second-order valence-electron chi connectivity index (χ2n) is 6.42. The van der Waals surface area contributed by atoms with Gasteiger partial charge in [0.05, 0.1) is 6.10 Å². The van der Waals surface area contributed by atoms with Crippen molar-refractivity contribution < 1.29 is 9.53 Å². The molecular weight excluding hydrogens is 312 g/mol. The number of carbonyl (C=O) groups is 1. The van der Waals surface area contributed by atoms with Gasteiger partial charge in [0, 0.05) is 24.2 Å². The van der Waals surface area contributed by atoms with Crippen LogP contribution in [-0.4, -0.2) is 12.0 Å². The summed E-state index contributed by atoms with van der Waals surface area (Å²) < 4.78 is 5.98. The fourth-order valence-electron chi connectivity index (χ4n) is 2.51. The number of nitrogens with one attached hydrogen (secondary N) is 1. The van der Waals surface area contributed by atoms with E-state index in [1.54, 1.807) is 0 Å². The molecule has 0 spiro atoms. The minimum absolute atomic E-state index is 0.0123. The number of aryl methyl sites for hydroxylation is 2. The number of benzene rings is 2. The molecule has 3 N–H and O–H groups in total. The average Bonchev–Trinajstić information content (AvgIpc) is 2.60. The van der Waals surface area contributed by atoms with Crippen molar-refractivity contribution in [2.45, 2.75) is 52.7 Å². The summed E-state index contributed by atoms with van der Waals surface area (Å²) in [6.45, 7) is 6.65. The summed E-state index contributed by atoms with van der Waals surface area (Å²) in [7, 11) is 0. The van der Waals surface area contributed by atoms with E-state index in [4.69, 9.17) is 10.5 Å². The molecule has 1 amide bonds. The van der Waals surface area contributed by atoms with Gasteiger partial charge in [-0.3, -0.25) is 4.79 Å². The number of hydrogen-bond donors (Lipinski definition) is 2. The predicted molar refractivity (Wildman–Crippen MR) is 103 cm³/mol. The molecule has 4 nitrogen and oxygen atoms in total. The molecule has 0 aliphatic heterocycles. The van der Waals surface area contributed by atoms with E-state index in [1.807, 2.05) is 49.4 Å². The fraction of sp³-hybridized carbons (Fsp3) is 0.381. The van der Waals surface area contributed by atoms with Gasteiger partial charge in [-0.15, -0.1) is 0 Å². The Hall–Kier alpha value is -2.49. The zero-order valence-corrected chi connectivity index (χ0v) is 15.3. The van der Waals surface area contributed by atoms with Crippen LogP contribution in [-0.2, 0) is 17.8 Å². The summed E-state index contributed by atoms with van der Waals surface area (Å²) in [4.78, 5) is 12.2. The lowest BCUT2D eigenvalue weighted by atomic mass is 10.1. The fourth-order valence-corrected chi connectivity index (χ4v) is 2.51. The lowest BCUT2D eigenvalue weighted by Gasteiger charge is -2.17. The molecule has 134 valence electrons. The first-order chi connectivity index (χ1) is 12.0. The third kappa shape index (κ3) is 5.82. The third-order valence-corrected chi connectivity index (χ3v) is 4.28. The maximum atomic E-state index is 12.2. The molecule has 2 aromatic rings. The van der Waals surface area contributed by atoms with Gasteiger partial charge in [-0.1, -0.05) is 37.3 Å². The molecule has 0 aromatic heterocycles. The first-order valence-corrected chi connectivity index (χ1v) is 8.85. The summed E-state index contributed by atoms with van der Waals surface area (Å²) in [5.74, 6) is 0.861. The Morgan fingerprint density at radius 3 is 2.68 bits per heavy atom. The molecule has 1 atom stereocenters. The second kappa shape index (κ2) is 9.11. The van der Waals surface area contributed by atoms with E-state index in [1.165, 1.54) is 0 Å². The maximum absolute atomic E-state index is 12.2. The molecule has 0 heterocycles. The summed E-state index contributed by atoms with van der Waals surface area (Å²) in [5, 5.41) is 2.98.